The van der Waals surface area contributed by atoms with Gasteiger partial charge in [0.2, 0.25) is 0 Å². The highest BCUT2D eigenvalue weighted by molar-refractivity contribution is 7.80. The SMILES string of the molecule is CC1CCCC(Nc2cccnc2C(N)=S)C1. The van der Waals surface area contributed by atoms with Gasteiger partial charge in [0.05, 0.1) is 5.69 Å². The number of hydrogen-bond donors (Lipinski definition) is 2. The Kier molecular flexibility index (Phi) is 3.94. The molecule has 0 saturated heterocycles. The van der Waals surface area contributed by atoms with Crippen LogP contribution in [0.2, 0.25) is 0 Å². The average Bonchev–Trinajstić information content (AvgIpc) is 2.29. The third-order valence-electron chi connectivity index (χ3n) is 3.34. The molecule has 3 N–H and O–H groups in total. The molecule has 1 fully saturated rings. The van der Waals surface area contributed by atoms with Crippen molar-refractivity contribution in [3.8, 4) is 0 Å². The Morgan fingerprint density at radius 2 is 2.35 bits per heavy atom. The highest BCUT2D eigenvalue weighted by atomic mass is 32.1. The van der Waals surface area contributed by atoms with E-state index in [0.29, 0.717) is 16.7 Å². The molecule has 0 aliphatic heterocycles. The zero-order valence-corrected chi connectivity index (χ0v) is 11.0. The summed E-state index contributed by atoms with van der Waals surface area (Å²) in [5, 5.41) is 3.53. The number of aromatic nitrogens is 1. The average molecular weight is 249 g/mol. The van der Waals surface area contributed by atoms with Gasteiger partial charge in [0.25, 0.3) is 0 Å². The van der Waals surface area contributed by atoms with E-state index >= 15 is 0 Å². The van der Waals surface area contributed by atoms with Crippen molar-refractivity contribution in [2.45, 2.75) is 38.6 Å². The van der Waals surface area contributed by atoms with E-state index in [9.17, 15) is 0 Å². The molecule has 1 aromatic heterocycles. The molecule has 1 aliphatic carbocycles. The number of nitrogens with zero attached hydrogens (tertiary/aromatic N) is 1. The highest BCUT2D eigenvalue weighted by Crippen LogP contribution is 2.26. The van der Waals surface area contributed by atoms with Crippen LogP contribution in [0.25, 0.3) is 0 Å². The van der Waals surface area contributed by atoms with E-state index in [-0.39, 0.29) is 0 Å². The van der Waals surface area contributed by atoms with Gasteiger partial charge in [-0.05, 0) is 30.9 Å². The molecule has 1 saturated carbocycles. The fourth-order valence-corrected chi connectivity index (χ4v) is 2.67. The van der Waals surface area contributed by atoms with Gasteiger partial charge in [-0.2, -0.15) is 0 Å². The first-order valence-corrected chi connectivity index (χ1v) is 6.59. The van der Waals surface area contributed by atoms with E-state index < -0.39 is 0 Å². The van der Waals surface area contributed by atoms with Crippen LogP contribution < -0.4 is 11.1 Å². The lowest BCUT2D eigenvalue weighted by molar-refractivity contribution is 0.358. The van der Waals surface area contributed by atoms with Gasteiger partial charge in [0, 0.05) is 12.2 Å². The number of pyridine rings is 1. The van der Waals surface area contributed by atoms with Gasteiger partial charge in [-0.3, -0.25) is 4.98 Å². The van der Waals surface area contributed by atoms with Gasteiger partial charge in [-0.1, -0.05) is 32.0 Å². The Hall–Kier alpha value is -1.16. The first kappa shape index (κ1) is 12.3. The molecule has 0 bridgehead atoms. The van der Waals surface area contributed by atoms with Gasteiger partial charge >= 0.3 is 0 Å². The Morgan fingerprint density at radius 1 is 1.53 bits per heavy atom. The Balaban J connectivity index is 2.10. The van der Waals surface area contributed by atoms with Crippen LogP contribution in [0.5, 0.6) is 0 Å². The molecule has 0 aromatic carbocycles. The molecule has 1 heterocycles. The minimum absolute atomic E-state index is 0.358. The molecular formula is C13H19N3S. The summed E-state index contributed by atoms with van der Waals surface area (Å²) in [6.07, 6.45) is 6.79. The van der Waals surface area contributed by atoms with Crippen molar-refractivity contribution in [3.63, 3.8) is 0 Å². The van der Waals surface area contributed by atoms with Crippen LogP contribution in [-0.2, 0) is 0 Å². The monoisotopic (exact) mass is 249 g/mol. The van der Waals surface area contributed by atoms with Crippen LogP contribution in [0.3, 0.4) is 0 Å². The van der Waals surface area contributed by atoms with Crippen LogP contribution in [0.4, 0.5) is 5.69 Å². The molecule has 4 heteroatoms. The molecule has 0 amide bonds. The maximum absolute atomic E-state index is 5.68. The second-order valence-corrected chi connectivity index (χ2v) is 5.32. The van der Waals surface area contributed by atoms with E-state index in [1.165, 1.54) is 25.7 Å². The van der Waals surface area contributed by atoms with Crippen LogP contribution in [-0.4, -0.2) is 16.0 Å². The number of nitrogens with two attached hydrogens (primary N) is 1. The molecule has 92 valence electrons. The molecule has 2 rings (SSSR count). The lowest BCUT2D eigenvalue weighted by atomic mass is 9.87. The summed E-state index contributed by atoms with van der Waals surface area (Å²) < 4.78 is 0. The van der Waals surface area contributed by atoms with Gasteiger partial charge < -0.3 is 11.1 Å². The summed E-state index contributed by atoms with van der Waals surface area (Å²) in [5.74, 6) is 0.797. The largest absolute Gasteiger partial charge is 0.388 e. The van der Waals surface area contributed by atoms with Crippen LogP contribution in [0, 0.1) is 5.92 Å². The predicted molar refractivity (Wildman–Crippen MR) is 75.2 cm³/mol. The van der Waals surface area contributed by atoms with Crippen molar-refractivity contribution in [2.24, 2.45) is 11.7 Å². The fourth-order valence-electron chi connectivity index (χ4n) is 2.50. The molecule has 0 radical (unpaired) electrons. The maximum atomic E-state index is 5.68. The number of anilines is 1. The number of nitrogens with one attached hydrogen (secondary N) is 1. The van der Waals surface area contributed by atoms with Gasteiger partial charge in [-0.15, -0.1) is 0 Å². The van der Waals surface area contributed by atoms with Crippen LogP contribution in [0.1, 0.15) is 38.3 Å². The molecule has 2 unspecified atom stereocenters. The molecule has 1 aromatic rings. The van der Waals surface area contributed by atoms with Gasteiger partial charge in [0.15, 0.2) is 0 Å². The molecule has 0 spiro atoms. The normalized spacial score (nSPS) is 24.3. The third kappa shape index (κ3) is 3.16. The van der Waals surface area contributed by atoms with E-state index in [0.717, 1.165) is 11.6 Å². The molecular weight excluding hydrogens is 230 g/mol. The van der Waals surface area contributed by atoms with E-state index in [4.69, 9.17) is 18.0 Å². The first-order valence-electron chi connectivity index (χ1n) is 6.18. The number of hydrogen-bond acceptors (Lipinski definition) is 3. The van der Waals surface area contributed by atoms with E-state index in [1.807, 2.05) is 12.1 Å². The van der Waals surface area contributed by atoms with Crippen molar-refractivity contribution in [3.05, 3.63) is 24.0 Å². The lowest BCUT2D eigenvalue weighted by Gasteiger charge is -2.28. The van der Waals surface area contributed by atoms with Crippen molar-refractivity contribution in [1.82, 2.24) is 4.98 Å². The quantitative estimate of drug-likeness (QED) is 0.809. The first-order chi connectivity index (χ1) is 8.16. The minimum atomic E-state index is 0.358. The Labute approximate surface area is 108 Å². The second kappa shape index (κ2) is 5.45. The summed E-state index contributed by atoms with van der Waals surface area (Å²) in [6.45, 7) is 2.31. The summed E-state index contributed by atoms with van der Waals surface area (Å²) in [4.78, 5) is 4.59. The zero-order valence-electron chi connectivity index (χ0n) is 10.1. The number of rotatable bonds is 3. The maximum Gasteiger partial charge on any atom is 0.124 e. The Morgan fingerprint density at radius 3 is 3.06 bits per heavy atom. The predicted octanol–water partition coefficient (Wildman–Crippen LogP) is 2.71. The zero-order chi connectivity index (χ0) is 12.3. The van der Waals surface area contributed by atoms with E-state index in [1.54, 1.807) is 6.20 Å². The highest BCUT2D eigenvalue weighted by Gasteiger charge is 2.19. The smallest absolute Gasteiger partial charge is 0.124 e. The van der Waals surface area contributed by atoms with Gasteiger partial charge in [-0.25, -0.2) is 0 Å². The van der Waals surface area contributed by atoms with Crippen molar-refractivity contribution >= 4 is 22.9 Å². The topological polar surface area (TPSA) is 50.9 Å². The third-order valence-corrected chi connectivity index (χ3v) is 3.53. The number of thiocarbonyl (C=S) groups is 1. The van der Waals surface area contributed by atoms with Crippen LogP contribution in [0.15, 0.2) is 18.3 Å². The summed E-state index contributed by atoms with van der Waals surface area (Å²) in [6, 6.07) is 4.44. The second-order valence-electron chi connectivity index (χ2n) is 4.88. The fraction of sp³-hybridized carbons (Fsp3) is 0.538. The Bertz CT molecular complexity index is 405. The molecule has 3 nitrogen and oxygen atoms in total. The summed E-state index contributed by atoms with van der Waals surface area (Å²) >= 11 is 5.02. The van der Waals surface area contributed by atoms with Crippen molar-refractivity contribution in [1.29, 1.82) is 0 Å². The van der Waals surface area contributed by atoms with Crippen molar-refractivity contribution < 1.29 is 0 Å². The van der Waals surface area contributed by atoms with Crippen molar-refractivity contribution in [2.75, 3.05) is 5.32 Å². The molecule has 1 aliphatic rings. The summed E-state index contributed by atoms with van der Waals surface area (Å²) in [7, 11) is 0. The summed E-state index contributed by atoms with van der Waals surface area (Å²) in [5.41, 5.74) is 7.36. The standard InChI is InChI=1S/C13H19N3S/c1-9-4-2-5-10(8-9)16-11-6-3-7-15-12(11)13(14)17/h3,6-7,9-10,16H,2,4-5,8H2,1H3,(H2,14,17). The minimum Gasteiger partial charge on any atom is -0.388 e. The molecule has 17 heavy (non-hydrogen) atoms. The lowest BCUT2D eigenvalue weighted by Crippen LogP contribution is -2.27. The van der Waals surface area contributed by atoms with Crippen LogP contribution >= 0.6 is 12.2 Å². The van der Waals surface area contributed by atoms with E-state index in [2.05, 4.69) is 17.2 Å². The molecule has 2 atom stereocenters. The van der Waals surface area contributed by atoms with Gasteiger partial charge in [0.1, 0.15) is 10.7 Å².